The third kappa shape index (κ3) is 2.99. The lowest BCUT2D eigenvalue weighted by molar-refractivity contribution is -0.134. The molecule has 1 aliphatic heterocycles. The lowest BCUT2D eigenvalue weighted by atomic mass is 10.0. The summed E-state index contributed by atoms with van der Waals surface area (Å²) in [6.45, 7) is 6.47. The standard InChI is InChI=1S/C12H18N2O2/c1-4-5-7-14-8-6-10(15)13-11(9(2)3)12(14)16/h9,11H,6-8H2,1-3H3,(H,13,15). The van der Waals surface area contributed by atoms with Crippen LogP contribution in [0.1, 0.15) is 27.2 Å². The van der Waals surface area contributed by atoms with Gasteiger partial charge in [0.25, 0.3) is 0 Å². The zero-order chi connectivity index (χ0) is 12.1. The average Bonchev–Trinajstić information content (AvgIpc) is 2.37. The quantitative estimate of drug-likeness (QED) is 0.687. The van der Waals surface area contributed by atoms with Gasteiger partial charge in [-0.2, -0.15) is 0 Å². The molecule has 1 saturated heterocycles. The van der Waals surface area contributed by atoms with E-state index in [9.17, 15) is 9.59 Å². The molecule has 4 heteroatoms. The largest absolute Gasteiger partial charge is 0.344 e. The first-order valence-electron chi connectivity index (χ1n) is 5.54. The van der Waals surface area contributed by atoms with Crippen molar-refractivity contribution in [3.05, 3.63) is 0 Å². The summed E-state index contributed by atoms with van der Waals surface area (Å²) in [4.78, 5) is 25.2. The minimum absolute atomic E-state index is 0.0244. The van der Waals surface area contributed by atoms with E-state index < -0.39 is 6.04 Å². The van der Waals surface area contributed by atoms with Crippen LogP contribution in [0.5, 0.6) is 0 Å². The van der Waals surface area contributed by atoms with Gasteiger partial charge in [-0.05, 0) is 12.8 Å². The Hall–Kier alpha value is -1.50. The van der Waals surface area contributed by atoms with Gasteiger partial charge in [0.1, 0.15) is 6.04 Å². The fraction of sp³-hybridized carbons (Fsp3) is 0.667. The SMILES string of the molecule is CC#CCN1CCC(=O)NC(C(C)C)C1=O. The molecule has 1 atom stereocenters. The molecule has 0 spiro atoms. The van der Waals surface area contributed by atoms with E-state index in [0.29, 0.717) is 19.5 Å². The molecule has 0 bridgehead atoms. The van der Waals surface area contributed by atoms with Gasteiger partial charge in [0, 0.05) is 13.0 Å². The van der Waals surface area contributed by atoms with Gasteiger partial charge in [0.2, 0.25) is 11.8 Å². The molecule has 88 valence electrons. The third-order valence-corrected chi connectivity index (χ3v) is 2.62. The molecule has 0 aromatic carbocycles. The Morgan fingerprint density at radius 2 is 2.19 bits per heavy atom. The van der Waals surface area contributed by atoms with Crippen molar-refractivity contribution in [3.8, 4) is 11.8 Å². The second-order valence-corrected chi connectivity index (χ2v) is 4.23. The number of nitrogens with one attached hydrogen (secondary N) is 1. The van der Waals surface area contributed by atoms with Gasteiger partial charge >= 0.3 is 0 Å². The Bertz CT molecular complexity index is 339. The Morgan fingerprint density at radius 1 is 1.50 bits per heavy atom. The third-order valence-electron chi connectivity index (χ3n) is 2.62. The van der Waals surface area contributed by atoms with Crippen LogP contribution in [0.3, 0.4) is 0 Å². The summed E-state index contributed by atoms with van der Waals surface area (Å²) in [6.07, 6.45) is 0.361. The van der Waals surface area contributed by atoms with E-state index in [0.717, 1.165) is 0 Å². The highest BCUT2D eigenvalue weighted by molar-refractivity contribution is 5.90. The Kier molecular flexibility index (Phi) is 4.36. The van der Waals surface area contributed by atoms with Crippen LogP contribution >= 0.6 is 0 Å². The molecule has 1 rings (SSSR count). The number of carbonyl (C=O) groups excluding carboxylic acids is 2. The second kappa shape index (κ2) is 5.55. The van der Waals surface area contributed by atoms with Crippen molar-refractivity contribution in [2.24, 2.45) is 5.92 Å². The topological polar surface area (TPSA) is 49.4 Å². The molecular formula is C12H18N2O2. The predicted molar refractivity (Wildman–Crippen MR) is 61.4 cm³/mol. The molecule has 2 amide bonds. The number of hydrogen-bond acceptors (Lipinski definition) is 2. The first kappa shape index (κ1) is 12.6. The van der Waals surface area contributed by atoms with Gasteiger partial charge in [-0.1, -0.05) is 19.8 Å². The summed E-state index contributed by atoms with van der Waals surface area (Å²) < 4.78 is 0. The van der Waals surface area contributed by atoms with Crippen LogP contribution in [0.15, 0.2) is 0 Å². The molecule has 0 aromatic heterocycles. The van der Waals surface area contributed by atoms with E-state index in [-0.39, 0.29) is 17.7 Å². The van der Waals surface area contributed by atoms with Crippen molar-refractivity contribution >= 4 is 11.8 Å². The minimum Gasteiger partial charge on any atom is -0.344 e. The van der Waals surface area contributed by atoms with Crippen molar-refractivity contribution < 1.29 is 9.59 Å². The van der Waals surface area contributed by atoms with Crippen molar-refractivity contribution in [3.63, 3.8) is 0 Å². The fourth-order valence-electron chi connectivity index (χ4n) is 1.63. The van der Waals surface area contributed by atoms with E-state index in [1.807, 2.05) is 13.8 Å². The molecular weight excluding hydrogens is 204 g/mol. The number of nitrogens with zero attached hydrogens (tertiary/aromatic N) is 1. The van der Waals surface area contributed by atoms with E-state index in [1.54, 1.807) is 11.8 Å². The molecule has 0 aromatic rings. The van der Waals surface area contributed by atoms with Crippen LogP contribution in [0.25, 0.3) is 0 Å². The van der Waals surface area contributed by atoms with E-state index in [4.69, 9.17) is 0 Å². The highest BCUT2D eigenvalue weighted by Gasteiger charge is 2.31. The molecule has 1 fully saturated rings. The first-order valence-corrected chi connectivity index (χ1v) is 5.54. The van der Waals surface area contributed by atoms with Gasteiger partial charge < -0.3 is 10.2 Å². The molecule has 1 heterocycles. The fourth-order valence-corrected chi connectivity index (χ4v) is 1.63. The van der Waals surface area contributed by atoms with Gasteiger partial charge in [0.05, 0.1) is 6.54 Å². The Labute approximate surface area is 96.4 Å². The minimum atomic E-state index is -0.409. The molecule has 0 radical (unpaired) electrons. The number of amides is 2. The molecule has 1 N–H and O–H groups in total. The van der Waals surface area contributed by atoms with Gasteiger partial charge in [-0.3, -0.25) is 9.59 Å². The molecule has 16 heavy (non-hydrogen) atoms. The summed E-state index contributed by atoms with van der Waals surface area (Å²) in [7, 11) is 0. The van der Waals surface area contributed by atoms with Crippen LogP contribution in [0, 0.1) is 17.8 Å². The molecule has 0 saturated carbocycles. The average molecular weight is 222 g/mol. The van der Waals surface area contributed by atoms with Crippen LogP contribution < -0.4 is 5.32 Å². The van der Waals surface area contributed by atoms with Crippen molar-refractivity contribution in [2.45, 2.75) is 33.2 Å². The summed E-state index contributed by atoms with van der Waals surface area (Å²) in [5.74, 6) is 5.65. The second-order valence-electron chi connectivity index (χ2n) is 4.23. The zero-order valence-electron chi connectivity index (χ0n) is 10.0. The van der Waals surface area contributed by atoms with Crippen molar-refractivity contribution in [2.75, 3.05) is 13.1 Å². The van der Waals surface area contributed by atoms with E-state index in [2.05, 4.69) is 17.2 Å². The molecule has 4 nitrogen and oxygen atoms in total. The van der Waals surface area contributed by atoms with Gasteiger partial charge in [0.15, 0.2) is 0 Å². The Morgan fingerprint density at radius 3 is 2.75 bits per heavy atom. The smallest absolute Gasteiger partial charge is 0.246 e. The van der Waals surface area contributed by atoms with Crippen LogP contribution in [-0.4, -0.2) is 35.8 Å². The molecule has 1 aliphatic rings. The maximum absolute atomic E-state index is 12.1. The van der Waals surface area contributed by atoms with E-state index >= 15 is 0 Å². The lowest BCUT2D eigenvalue weighted by Gasteiger charge is -2.24. The van der Waals surface area contributed by atoms with Crippen LogP contribution in [0.4, 0.5) is 0 Å². The summed E-state index contributed by atoms with van der Waals surface area (Å²) >= 11 is 0. The highest BCUT2D eigenvalue weighted by Crippen LogP contribution is 2.10. The number of hydrogen-bond donors (Lipinski definition) is 1. The van der Waals surface area contributed by atoms with Gasteiger partial charge in [-0.25, -0.2) is 0 Å². The maximum atomic E-state index is 12.1. The van der Waals surface area contributed by atoms with Crippen molar-refractivity contribution in [1.29, 1.82) is 0 Å². The van der Waals surface area contributed by atoms with E-state index in [1.165, 1.54) is 0 Å². The Balaban J connectivity index is 2.81. The zero-order valence-corrected chi connectivity index (χ0v) is 10.0. The maximum Gasteiger partial charge on any atom is 0.246 e. The van der Waals surface area contributed by atoms with Gasteiger partial charge in [-0.15, -0.1) is 5.92 Å². The van der Waals surface area contributed by atoms with Crippen molar-refractivity contribution in [1.82, 2.24) is 10.2 Å². The summed E-state index contributed by atoms with van der Waals surface area (Å²) in [5.41, 5.74) is 0. The van der Waals surface area contributed by atoms with Crippen LogP contribution in [-0.2, 0) is 9.59 Å². The lowest BCUT2D eigenvalue weighted by Crippen LogP contribution is -2.47. The number of carbonyl (C=O) groups is 2. The normalized spacial score (nSPS) is 21.2. The summed E-state index contributed by atoms with van der Waals surface area (Å²) in [5, 5.41) is 2.76. The first-order chi connectivity index (χ1) is 7.56. The monoisotopic (exact) mass is 222 g/mol. The predicted octanol–water partition coefficient (Wildman–Crippen LogP) is 0.383. The number of rotatable bonds is 2. The van der Waals surface area contributed by atoms with Crippen LogP contribution in [0.2, 0.25) is 0 Å². The molecule has 0 aliphatic carbocycles. The molecule has 1 unspecified atom stereocenters. The summed E-state index contributed by atoms with van der Waals surface area (Å²) in [6, 6.07) is -0.409. The highest BCUT2D eigenvalue weighted by atomic mass is 16.2.